The third kappa shape index (κ3) is 2.83. The van der Waals surface area contributed by atoms with Crippen molar-refractivity contribution in [3.8, 4) is 5.75 Å². The Balaban J connectivity index is 1.82. The number of carbonyl (C=O) groups is 1. The topological polar surface area (TPSA) is 51.2 Å². The van der Waals surface area contributed by atoms with Gasteiger partial charge in [0.25, 0.3) is 5.91 Å². The molecule has 4 nitrogen and oxygen atoms in total. The lowest BCUT2D eigenvalue weighted by Crippen LogP contribution is -2.16. The average Bonchev–Trinajstić information content (AvgIpc) is 3.07. The summed E-state index contributed by atoms with van der Waals surface area (Å²) in [5.74, 6) is 0.421. The van der Waals surface area contributed by atoms with Gasteiger partial charge in [0, 0.05) is 16.1 Å². The first-order chi connectivity index (χ1) is 12.2. The van der Waals surface area contributed by atoms with E-state index in [1.807, 2.05) is 24.3 Å². The minimum Gasteiger partial charge on any atom is -0.495 e. The second-order valence-electron chi connectivity index (χ2n) is 6.08. The molecule has 1 aromatic heterocycles. The molecule has 1 aliphatic carbocycles. The largest absolute Gasteiger partial charge is 0.495 e. The van der Waals surface area contributed by atoms with Crippen molar-refractivity contribution in [1.82, 2.24) is 4.98 Å². The maximum absolute atomic E-state index is 13.1. The summed E-state index contributed by atoms with van der Waals surface area (Å²) in [6.45, 7) is 0. The molecule has 3 aromatic rings. The summed E-state index contributed by atoms with van der Waals surface area (Å²) in [4.78, 5) is 17.9. The number of hydrogen-bond acceptors (Lipinski definition) is 3. The van der Waals surface area contributed by atoms with Crippen LogP contribution in [0.2, 0.25) is 5.02 Å². The number of halogens is 1. The van der Waals surface area contributed by atoms with E-state index >= 15 is 0 Å². The minimum absolute atomic E-state index is 0.155. The Morgan fingerprint density at radius 1 is 1.20 bits per heavy atom. The Kier molecular flexibility index (Phi) is 4.06. The molecule has 126 valence electrons. The molecule has 1 N–H and O–H groups in total. The van der Waals surface area contributed by atoms with E-state index in [4.69, 9.17) is 21.3 Å². The van der Waals surface area contributed by atoms with E-state index in [0.717, 1.165) is 41.4 Å². The Hall–Kier alpha value is -2.59. The number of amides is 1. The number of hydrogen-bond donors (Lipinski definition) is 1. The second-order valence-corrected chi connectivity index (χ2v) is 6.52. The van der Waals surface area contributed by atoms with Crippen molar-refractivity contribution in [1.29, 1.82) is 0 Å². The lowest BCUT2D eigenvalue weighted by molar-refractivity contribution is 0.102. The van der Waals surface area contributed by atoms with Crippen molar-refractivity contribution in [2.75, 3.05) is 12.4 Å². The molecule has 0 bridgehead atoms. The molecule has 1 heterocycles. The van der Waals surface area contributed by atoms with Crippen LogP contribution in [0.5, 0.6) is 5.75 Å². The van der Waals surface area contributed by atoms with Gasteiger partial charge in [0.1, 0.15) is 5.75 Å². The fraction of sp³-hybridized carbons (Fsp3) is 0.200. The van der Waals surface area contributed by atoms with Crippen LogP contribution in [-0.2, 0) is 12.8 Å². The van der Waals surface area contributed by atoms with Gasteiger partial charge >= 0.3 is 0 Å². The fourth-order valence-corrected chi connectivity index (χ4v) is 3.61. The third-order valence-electron chi connectivity index (χ3n) is 4.56. The molecule has 0 fully saturated rings. The number of methoxy groups -OCH3 is 1. The quantitative estimate of drug-likeness (QED) is 0.747. The summed E-state index contributed by atoms with van der Waals surface area (Å²) in [5.41, 5.74) is 4.21. The van der Waals surface area contributed by atoms with Crippen LogP contribution in [-0.4, -0.2) is 18.0 Å². The van der Waals surface area contributed by atoms with Gasteiger partial charge in [-0.3, -0.25) is 9.78 Å². The van der Waals surface area contributed by atoms with E-state index in [0.29, 0.717) is 22.0 Å². The van der Waals surface area contributed by atoms with Crippen LogP contribution in [0, 0.1) is 0 Å². The number of carbonyl (C=O) groups excluding carboxylic acids is 1. The maximum atomic E-state index is 13.1. The summed E-state index contributed by atoms with van der Waals surface area (Å²) >= 11 is 6.08. The number of ether oxygens (including phenoxy) is 1. The highest BCUT2D eigenvalue weighted by Gasteiger charge is 2.24. The molecular formula is C20H17ClN2O2. The van der Waals surface area contributed by atoms with Crippen LogP contribution in [0.1, 0.15) is 28.0 Å². The van der Waals surface area contributed by atoms with Gasteiger partial charge in [-0.1, -0.05) is 29.8 Å². The molecular weight excluding hydrogens is 336 g/mol. The van der Waals surface area contributed by atoms with Crippen molar-refractivity contribution in [3.05, 3.63) is 64.3 Å². The Bertz CT molecular complexity index is 985. The van der Waals surface area contributed by atoms with Crippen LogP contribution in [0.3, 0.4) is 0 Å². The van der Waals surface area contributed by atoms with Gasteiger partial charge in [0.05, 0.1) is 23.9 Å². The smallest absolute Gasteiger partial charge is 0.256 e. The number of para-hydroxylation sites is 1. The zero-order valence-electron chi connectivity index (χ0n) is 13.8. The molecule has 1 amide bonds. The van der Waals surface area contributed by atoms with E-state index in [1.54, 1.807) is 25.3 Å². The van der Waals surface area contributed by atoms with Crippen molar-refractivity contribution in [2.24, 2.45) is 0 Å². The molecule has 0 unspecified atom stereocenters. The maximum Gasteiger partial charge on any atom is 0.256 e. The monoisotopic (exact) mass is 352 g/mol. The summed E-state index contributed by atoms with van der Waals surface area (Å²) in [6, 6.07) is 12.9. The Morgan fingerprint density at radius 3 is 2.88 bits per heavy atom. The molecule has 1 aliphatic rings. The SMILES string of the molecule is COc1ccc(Cl)cc1NC(=O)c1c2c(nc3ccccc13)CCC2. The summed E-state index contributed by atoms with van der Waals surface area (Å²) in [6.07, 6.45) is 2.82. The highest BCUT2D eigenvalue weighted by Crippen LogP contribution is 2.32. The summed E-state index contributed by atoms with van der Waals surface area (Å²) in [5, 5.41) is 4.38. The molecule has 0 saturated carbocycles. The van der Waals surface area contributed by atoms with E-state index in [2.05, 4.69) is 5.32 Å². The first-order valence-corrected chi connectivity index (χ1v) is 8.60. The second kappa shape index (κ2) is 6.37. The molecule has 0 radical (unpaired) electrons. The van der Waals surface area contributed by atoms with Gasteiger partial charge in [-0.25, -0.2) is 0 Å². The molecule has 0 aliphatic heterocycles. The van der Waals surface area contributed by atoms with E-state index in [9.17, 15) is 4.79 Å². The number of fused-ring (bicyclic) bond motifs is 2. The van der Waals surface area contributed by atoms with Crippen molar-refractivity contribution in [3.63, 3.8) is 0 Å². The molecule has 4 rings (SSSR count). The van der Waals surface area contributed by atoms with Gasteiger partial charge in [-0.2, -0.15) is 0 Å². The van der Waals surface area contributed by atoms with Gasteiger partial charge < -0.3 is 10.1 Å². The van der Waals surface area contributed by atoms with Gasteiger partial charge in [-0.05, 0) is 49.1 Å². The van der Waals surface area contributed by atoms with Crippen molar-refractivity contribution < 1.29 is 9.53 Å². The Labute approximate surface area is 150 Å². The molecule has 0 spiro atoms. The van der Waals surface area contributed by atoms with E-state index < -0.39 is 0 Å². The molecule has 5 heteroatoms. The van der Waals surface area contributed by atoms with Crippen molar-refractivity contribution in [2.45, 2.75) is 19.3 Å². The lowest BCUT2D eigenvalue weighted by Gasteiger charge is -2.14. The first-order valence-electron chi connectivity index (χ1n) is 8.23. The zero-order valence-corrected chi connectivity index (χ0v) is 14.6. The lowest BCUT2D eigenvalue weighted by atomic mass is 10.0. The summed E-state index contributed by atoms with van der Waals surface area (Å²) in [7, 11) is 1.57. The number of pyridine rings is 1. The number of nitrogens with zero attached hydrogens (tertiary/aromatic N) is 1. The van der Waals surface area contributed by atoms with E-state index in [1.165, 1.54) is 0 Å². The van der Waals surface area contributed by atoms with Crippen LogP contribution in [0.4, 0.5) is 5.69 Å². The van der Waals surface area contributed by atoms with Crippen molar-refractivity contribution >= 4 is 34.1 Å². The van der Waals surface area contributed by atoms with E-state index in [-0.39, 0.29) is 5.91 Å². The highest BCUT2D eigenvalue weighted by atomic mass is 35.5. The molecule has 0 saturated heterocycles. The minimum atomic E-state index is -0.155. The normalized spacial score (nSPS) is 12.9. The predicted octanol–water partition coefficient (Wildman–Crippen LogP) is 4.64. The van der Waals surface area contributed by atoms with Gasteiger partial charge in [0.15, 0.2) is 0 Å². The Morgan fingerprint density at radius 2 is 2.04 bits per heavy atom. The molecule has 2 aromatic carbocycles. The highest BCUT2D eigenvalue weighted by molar-refractivity contribution is 6.31. The number of nitrogens with one attached hydrogen (secondary N) is 1. The molecule has 25 heavy (non-hydrogen) atoms. The number of benzene rings is 2. The molecule has 0 atom stereocenters. The van der Waals surface area contributed by atoms with Crippen LogP contribution in [0.25, 0.3) is 10.9 Å². The number of aryl methyl sites for hydroxylation is 1. The number of aromatic nitrogens is 1. The average molecular weight is 353 g/mol. The van der Waals surface area contributed by atoms with Crippen LogP contribution >= 0.6 is 11.6 Å². The number of rotatable bonds is 3. The predicted molar refractivity (Wildman–Crippen MR) is 99.7 cm³/mol. The standard InChI is InChI=1S/C20H17ClN2O2/c1-25-18-10-9-12(21)11-17(18)23-20(24)19-13-5-2-3-7-15(13)22-16-8-4-6-14(16)19/h2-3,5,7,9-11H,4,6,8H2,1H3,(H,23,24). The van der Waals surface area contributed by atoms with Gasteiger partial charge in [-0.15, -0.1) is 0 Å². The zero-order chi connectivity index (χ0) is 17.4. The first kappa shape index (κ1) is 15.9. The third-order valence-corrected chi connectivity index (χ3v) is 4.79. The summed E-state index contributed by atoms with van der Waals surface area (Å²) < 4.78 is 5.33. The fourth-order valence-electron chi connectivity index (χ4n) is 3.43. The van der Waals surface area contributed by atoms with Crippen LogP contribution in [0.15, 0.2) is 42.5 Å². The van der Waals surface area contributed by atoms with Crippen LogP contribution < -0.4 is 10.1 Å². The number of anilines is 1. The van der Waals surface area contributed by atoms with Gasteiger partial charge in [0.2, 0.25) is 0 Å².